The second-order valence-corrected chi connectivity index (χ2v) is 7.46. The third kappa shape index (κ3) is 4.02. The van der Waals surface area contributed by atoms with Crippen molar-refractivity contribution < 1.29 is 14.4 Å². The first kappa shape index (κ1) is 19.1. The van der Waals surface area contributed by atoms with Gasteiger partial charge in [0.05, 0.1) is 0 Å². The summed E-state index contributed by atoms with van der Waals surface area (Å²) in [5.41, 5.74) is -0.107. The van der Waals surface area contributed by atoms with Crippen molar-refractivity contribution in [3.05, 3.63) is 23.9 Å². The van der Waals surface area contributed by atoms with E-state index < -0.39 is 17.5 Å². The van der Waals surface area contributed by atoms with Crippen LogP contribution >= 0.6 is 0 Å². The standard InChI is InChI=1S/C18H26N6O3/c1-18(2)16(26)21-17(27)24(18)12-14(25)20-11-13-5-4-6-19-15(13)23-9-7-22(3)8-10-23/h4-6H,7-12H2,1-3H3,(H,20,25)(H,21,26,27). The minimum Gasteiger partial charge on any atom is -0.354 e. The predicted octanol–water partition coefficient (Wildman–Crippen LogP) is -0.220. The third-order valence-corrected chi connectivity index (χ3v) is 5.14. The highest BCUT2D eigenvalue weighted by molar-refractivity contribution is 6.07. The lowest BCUT2D eigenvalue weighted by molar-refractivity contribution is -0.127. The number of aromatic nitrogens is 1. The van der Waals surface area contributed by atoms with Crippen LogP contribution in [0, 0.1) is 0 Å². The Kier molecular flexibility index (Phi) is 5.31. The molecule has 0 bridgehead atoms. The number of nitrogens with one attached hydrogen (secondary N) is 2. The van der Waals surface area contributed by atoms with Gasteiger partial charge in [-0.1, -0.05) is 6.07 Å². The lowest BCUT2D eigenvalue weighted by Gasteiger charge is -2.34. The van der Waals surface area contributed by atoms with E-state index in [-0.39, 0.29) is 12.5 Å². The quantitative estimate of drug-likeness (QED) is 0.692. The van der Waals surface area contributed by atoms with Crippen LogP contribution in [-0.4, -0.2) is 77.9 Å². The fourth-order valence-corrected chi connectivity index (χ4v) is 3.23. The van der Waals surface area contributed by atoms with Gasteiger partial charge in [-0.15, -0.1) is 0 Å². The average Bonchev–Trinajstić information content (AvgIpc) is 2.83. The number of hydrogen-bond donors (Lipinski definition) is 2. The molecule has 1 aromatic rings. The molecule has 0 radical (unpaired) electrons. The molecule has 2 aliphatic heterocycles. The monoisotopic (exact) mass is 374 g/mol. The van der Waals surface area contributed by atoms with Crippen molar-refractivity contribution in [1.29, 1.82) is 0 Å². The normalized spacial score (nSPS) is 20.0. The Bertz CT molecular complexity index is 742. The maximum Gasteiger partial charge on any atom is 0.325 e. The Morgan fingerprint density at radius 2 is 1.96 bits per heavy atom. The molecule has 146 valence electrons. The molecule has 2 fully saturated rings. The number of hydrogen-bond acceptors (Lipinski definition) is 6. The summed E-state index contributed by atoms with van der Waals surface area (Å²) in [6.45, 7) is 7.09. The number of pyridine rings is 1. The largest absolute Gasteiger partial charge is 0.354 e. The van der Waals surface area contributed by atoms with Crippen molar-refractivity contribution in [2.24, 2.45) is 0 Å². The molecule has 2 aliphatic rings. The highest BCUT2D eigenvalue weighted by atomic mass is 16.2. The molecule has 0 spiro atoms. The number of anilines is 1. The molecule has 0 saturated carbocycles. The number of amides is 4. The average molecular weight is 374 g/mol. The molecule has 1 aromatic heterocycles. The van der Waals surface area contributed by atoms with E-state index in [1.807, 2.05) is 12.1 Å². The van der Waals surface area contributed by atoms with E-state index in [0.29, 0.717) is 6.54 Å². The first-order valence-corrected chi connectivity index (χ1v) is 9.06. The van der Waals surface area contributed by atoms with Crippen LogP contribution in [0.5, 0.6) is 0 Å². The van der Waals surface area contributed by atoms with Crippen molar-refractivity contribution >= 4 is 23.7 Å². The molecule has 9 heteroatoms. The smallest absolute Gasteiger partial charge is 0.325 e. The molecule has 2 saturated heterocycles. The zero-order valence-electron chi connectivity index (χ0n) is 16.0. The van der Waals surface area contributed by atoms with Crippen LogP contribution in [-0.2, 0) is 16.1 Å². The predicted molar refractivity (Wildman–Crippen MR) is 100 cm³/mol. The summed E-state index contributed by atoms with van der Waals surface area (Å²) in [4.78, 5) is 46.3. The maximum absolute atomic E-state index is 12.4. The number of piperazine rings is 1. The summed E-state index contributed by atoms with van der Waals surface area (Å²) in [5.74, 6) is 0.159. The number of nitrogens with zero attached hydrogens (tertiary/aromatic N) is 4. The van der Waals surface area contributed by atoms with E-state index in [1.165, 1.54) is 4.90 Å². The van der Waals surface area contributed by atoms with E-state index in [9.17, 15) is 14.4 Å². The van der Waals surface area contributed by atoms with Gasteiger partial charge >= 0.3 is 6.03 Å². The van der Waals surface area contributed by atoms with Crippen LogP contribution in [0.4, 0.5) is 10.6 Å². The highest BCUT2D eigenvalue weighted by Gasteiger charge is 2.46. The summed E-state index contributed by atoms with van der Waals surface area (Å²) in [7, 11) is 2.09. The van der Waals surface area contributed by atoms with E-state index in [2.05, 4.69) is 32.5 Å². The number of carbonyl (C=O) groups is 3. The van der Waals surface area contributed by atoms with Gasteiger partial charge < -0.3 is 20.0 Å². The number of imide groups is 1. The molecule has 4 amide bonds. The second-order valence-electron chi connectivity index (χ2n) is 7.46. The van der Waals surface area contributed by atoms with Crippen LogP contribution in [0.1, 0.15) is 19.4 Å². The second kappa shape index (κ2) is 7.51. The number of rotatable bonds is 5. The Morgan fingerprint density at radius 3 is 2.59 bits per heavy atom. The fraction of sp³-hybridized carbons (Fsp3) is 0.556. The first-order chi connectivity index (χ1) is 12.8. The van der Waals surface area contributed by atoms with Crippen molar-refractivity contribution in [2.45, 2.75) is 25.9 Å². The lowest BCUT2D eigenvalue weighted by atomic mass is 10.0. The van der Waals surface area contributed by atoms with E-state index in [4.69, 9.17) is 0 Å². The number of likely N-dealkylation sites (N-methyl/N-ethyl adjacent to an activating group) is 1. The van der Waals surface area contributed by atoms with Gasteiger partial charge in [0, 0.05) is 44.5 Å². The topological polar surface area (TPSA) is 97.9 Å². The fourth-order valence-electron chi connectivity index (χ4n) is 3.23. The van der Waals surface area contributed by atoms with Gasteiger partial charge in [-0.05, 0) is 27.0 Å². The van der Waals surface area contributed by atoms with Crippen LogP contribution < -0.4 is 15.5 Å². The molecular weight excluding hydrogens is 348 g/mol. The lowest BCUT2D eigenvalue weighted by Crippen LogP contribution is -2.49. The Morgan fingerprint density at radius 1 is 1.26 bits per heavy atom. The van der Waals surface area contributed by atoms with E-state index in [1.54, 1.807) is 20.0 Å². The SMILES string of the molecule is CN1CCN(c2ncccc2CNC(=O)CN2C(=O)NC(=O)C2(C)C)CC1. The summed E-state index contributed by atoms with van der Waals surface area (Å²) in [6, 6.07) is 3.24. The van der Waals surface area contributed by atoms with Gasteiger partial charge in [0.2, 0.25) is 5.91 Å². The molecule has 3 heterocycles. The summed E-state index contributed by atoms with van der Waals surface area (Å²) in [5, 5.41) is 5.08. The molecule has 2 N–H and O–H groups in total. The molecule has 0 aliphatic carbocycles. The summed E-state index contributed by atoms with van der Waals surface area (Å²) in [6.07, 6.45) is 1.75. The zero-order valence-corrected chi connectivity index (χ0v) is 16.0. The van der Waals surface area contributed by atoms with Gasteiger partial charge in [-0.25, -0.2) is 9.78 Å². The molecule has 0 aromatic carbocycles. The Labute approximate surface area is 158 Å². The Balaban J connectivity index is 1.61. The van der Waals surface area contributed by atoms with E-state index >= 15 is 0 Å². The van der Waals surface area contributed by atoms with Crippen molar-refractivity contribution in [1.82, 2.24) is 25.4 Å². The zero-order chi connectivity index (χ0) is 19.6. The first-order valence-electron chi connectivity index (χ1n) is 9.06. The van der Waals surface area contributed by atoms with Gasteiger partial charge in [0.1, 0.15) is 17.9 Å². The van der Waals surface area contributed by atoms with Gasteiger partial charge in [-0.3, -0.25) is 14.9 Å². The molecule has 3 rings (SSSR count). The minimum atomic E-state index is -1.03. The van der Waals surface area contributed by atoms with Crippen LogP contribution in [0.15, 0.2) is 18.3 Å². The third-order valence-electron chi connectivity index (χ3n) is 5.14. The summed E-state index contributed by atoms with van der Waals surface area (Å²) >= 11 is 0. The minimum absolute atomic E-state index is 0.172. The molecule has 0 atom stereocenters. The van der Waals surface area contributed by atoms with Crippen LogP contribution in [0.2, 0.25) is 0 Å². The molecule has 9 nitrogen and oxygen atoms in total. The summed E-state index contributed by atoms with van der Waals surface area (Å²) < 4.78 is 0. The highest BCUT2D eigenvalue weighted by Crippen LogP contribution is 2.21. The van der Waals surface area contributed by atoms with Gasteiger partial charge in [-0.2, -0.15) is 0 Å². The molecule has 27 heavy (non-hydrogen) atoms. The molecule has 0 unspecified atom stereocenters. The van der Waals surface area contributed by atoms with Gasteiger partial charge in [0.15, 0.2) is 0 Å². The molecular formula is C18H26N6O3. The van der Waals surface area contributed by atoms with Crippen molar-refractivity contribution in [2.75, 3.05) is 44.7 Å². The number of carbonyl (C=O) groups excluding carboxylic acids is 3. The van der Waals surface area contributed by atoms with Gasteiger partial charge in [0.25, 0.3) is 5.91 Å². The number of urea groups is 1. The van der Waals surface area contributed by atoms with Crippen LogP contribution in [0.25, 0.3) is 0 Å². The van der Waals surface area contributed by atoms with Crippen molar-refractivity contribution in [3.8, 4) is 0 Å². The van der Waals surface area contributed by atoms with Crippen molar-refractivity contribution in [3.63, 3.8) is 0 Å². The maximum atomic E-state index is 12.4. The Hall–Kier alpha value is -2.68. The van der Waals surface area contributed by atoms with Crippen LogP contribution in [0.3, 0.4) is 0 Å². The van der Waals surface area contributed by atoms with E-state index in [0.717, 1.165) is 37.6 Å².